The molecule has 0 radical (unpaired) electrons. The van der Waals surface area contributed by atoms with Gasteiger partial charge in [-0.15, -0.1) is 21.5 Å². The lowest BCUT2D eigenvalue weighted by atomic mass is 10.4. The van der Waals surface area contributed by atoms with Crippen molar-refractivity contribution in [3.8, 4) is 0 Å². The van der Waals surface area contributed by atoms with E-state index in [-0.39, 0.29) is 0 Å². The molecule has 2 N–H and O–H groups in total. The smallest absolute Gasteiger partial charge is 0.174 e. The van der Waals surface area contributed by atoms with E-state index in [0.29, 0.717) is 11.6 Å². The van der Waals surface area contributed by atoms with E-state index in [1.165, 1.54) is 11.3 Å². The van der Waals surface area contributed by atoms with E-state index >= 15 is 0 Å². The summed E-state index contributed by atoms with van der Waals surface area (Å²) in [6.45, 7) is 0. The Labute approximate surface area is 109 Å². The molecule has 3 rings (SSSR count). The van der Waals surface area contributed by atoms with Gasteiger partial charge in [-0.05, 0) is 11.4 Å². The highest BCUT2D eigenvalue weighted by Crippen LogP contribution is 2.26. The monoisotopic (exact) mass is 281 g/mol. The van der Waals surface area contributed by atoms with Gasteiger partial charge in [0.15, 0.2) is 4.34 Å². The quantitative estimate of drug-likeness (QED) is 0.743. The Morgan fingerprint density at radius 2 is 2.24 bits per heavy atom. The number of nitrogens with zero attached hydrogens (tertiary/aromatic N) is 4. The molecular weight excluding hydrogens is 274 g/mol. The molecule has 86 valence electrons. The lowest BCUT2D eigenvalue weighted by Crippen LogP contribution is -1.98. The van der Waals surface area contributed by atoms with E-state index in [1.54, 1.807) is 28.6 Å². The normalized spacial score (nSPS) is 11.1. The van der Waals surface area contributed by atoms with Crippen LogP contribution < -0.4 is 5.73 Å². The minimum atomic E-state index is 0.545. The molecule has 0 amide bonds. The van der Waals surface area contributed by atoms with Gasteiger partial charge < -0.3 is 5.73 Å². The zero-order valence-corrected chi connectivity index (χ0v) is 11.0. The molecule has 0 atom stereocenters. The minimum Gasteiger partial charge on any atom is -0.383 e. The van der Waals surface area contributed by atoms with Crippen molar-refractivity contribution in [1.29, 1.82) is 0 Å². The van der Waals surface area contributed by atoms with Crippen LogP contribution in [0.25, 0.3) is 10.2 Å². The predicted octanol–water partition coefficient (Wildman–Crippen LogP) is 2.42. The van der Waals surface area contributed by atoms with Gasteiger partial charge in [0.25, 0.3) is 0 Å². The van der Waals surface area contributed by atoms with Crippen LogP contribution in [-0.2, 0) is 5.75 Å². The fourth-order valence-electron chi connectivity index (χ4n) is 1.34. The lowest BCUT2D eigenvalue weighted by Gasteiger charge is -2.00. The number of thiophene rings is 1. The third kappa shape index (κ3) is 2.24. The summed E-state index contributed by atoms with van der Waals surface area (Å²) in [5.74, 6) is 1.94. The number of thioether (sulfide) groups is 1. The summed E-state index contributed by atoms with van der Waals surface area (Å²) >= 11 is 4.65. The van der Waals surface area contributed by atoms with Crippen molar-refractivity contribution in [3.63, 3.8) is 0 Å². The van der Waals surface area contributed by atoms with Crippen molar-refractivity contribution in [1.82, 2.24) is 20.2 Å². The van der Waals surface area contributed by atoms with Crippen molar-refractivity contribution in [2.24, 2.45) is 0 Å². The topological polar surface area (TPSA) is 77.6 Å². The standard InChI is InChI=1S/C9H7N5S3/c10-7-5-1-2-15-8(5)13-6(12-7)3-16-9-14-11-4-17-9/h1-2,4H,3H2,(H2,10,12,13). The Hall–Kier alpha value is -1.25. The van der Waals surface area contributed by atoms with Crippen molar-refractivity contribution >= 4 is 50.5 Å². The molecule has 0 unspecified atom stereocenters. The summed E-state index contributed by atoms with van der Waals surface area (Å²) in [6, 6.07) is 1.94. The third-order valence-electron chi connectivity index (χ3n) is 2.07. The summed E-state index contributed by atoms with van der Waals surface area (Å²) in [5, 5.41) is 10.6. The lowest BCUT2D eigenvalue weighted by molar-refractivity contribution is 1.01. The van der Waals surface area contributed by atoms with Crippen LogP contribution in [0.5, 0.6) is 0 Å². The van der Waals surface area contributed by atoms with Gasteiger partial charge in [0.2, 0.25) is 0 Å². The molecule has 3 heterocycles. The maximum absolute atomic E-state index is 5.87. The number of rotatable bonds is 3. The maximum atomic E-state index is 5.87. The number of aromatic nitrogens is 4. The van der Waals surface area contributed by atoms with Gasteiger partial charge >= 0.3 is 0 Å². The number of nitrogen functional groups attached to an aromatic ring is 1. The number of hydrogen-bond acceptors (Lipinski definition) is 8. The molecular formula is C9H7N5S3. The Bertz CT molecular complexity index is 633. The summed E-state index contributed by atoms with van der Waals surface area (Å²) in [7, 11) is 0. The first kappa shape index (κ1) is 10.9. The van der Waals surface area contributed by atoms with Gasteiger partial charge in [-0.25, -0.2) is 9.97 Å². The average Bonchev–Trinajstić information content (AvgIpc) is 2.97. The SMILES string of the molecule is Nc1nc(CSc2nncs2)nc2sccc12. The van der Waals surface area contributed by atoms with Crippen molar-refractivity contribution in [2.45, 2.75) is 10.1 Å². The van der Waals surface area contributed by atoms with Gasteiger partial charge in [-0.3, -0.25) is 0 Å². The molecule has 0 saturated carbocycles. The van der Waals surface area contributed by atoms with Crippen LogP contribution in [0.15, 0.2) is 21.3 Å². The number of nitrogens with two attached hydrogens (primary N) is 1. The summed E-state index contributed by atoms with van der Waals surface area (Å²) in [6.07, 6.45) is 0. The number of hydrogen-bond donors (Lipinski definition) is 1. The van der Waals surface area contributed by atoms with E-state index < -0.39 is 0 Å². The second kappa shape index (κ2) is 4.55. The van der Waals surface area contributed by atoms with Gasteiger partial charge in [0.1, 0.15) is 22.0 Å². The van der Waals surface area contributed by atoms with E-state index in [2.05, 4.69) is 20.2 Å². The van der Waals surface area contributed by atoms with Crippen molar-refractivity contribution in [3.05, 3.63) is 22.8 Å². The van der Waals surface area contributed by atoms with E-state index in [4.69, 9.17) is 5.73 Å². The molecule has 0 aliphatic carbocycles. The van der Waals surface area contributed by atoms with Crippen LogP contribution >= 0.6 is 34.4 Å². The number of anilines is 1. The van der Waals surface area contributed by atoms with Gasteiger partial charge in [-0.1, -0.05) is 23.1 Å². The first-order valence-corrected chi connectivity index (χ1v) is 7.46. The van der Waals surface area contributed by atoms with Crippen molar-refractivity contribution < 1.29 is 0 Å². The maximum Gasteiger partial charge on any atom is 0.174 e. The Morgan fingerprint density at radius 3 is 3.06 bits per heavy atom. The summed E-state index contributed by atoms with van der Waals surface area (Å²) in [4.78, 5) is 9.68. The molecule has 0 fully saturated rings. The second-order valence-corrected chi connectivity index (χ2v) is 6.11. The van der Waals surface area contributed by atoms with Crippen molar-refractivity contribution in [2.75, 3.05) is 5.73 Å². The average molecular weight is 281 g/mol. The van der Waals surface area contributed by atoms with Crippen LogP contribution in [-0.4, -0.2) is 20.2 Å². The highest BCUT2D eigenvalue weighted by molar-refractivity contribution is 8.00. The molecule has 17 heavy (non-hydrogen) atoms. The molecule has 0 saturated heterocycles. The second-order valence-electron chi connectivity index (χ2n) is 3.16. The van der Waals surface area contributed by atoms with Gasteiger partial charge in [0.05, 0.1) is 11.1 Å². The van der Waals surface area contributed by atoms with E-state index in [9.17, 15) is 0 Å². The molecule has 8 heteroatoms. The fourth-order valence-corrected chi connectivity index (χ4v) is 3.47. The first-order valence-electron chi connectivity index (χ1n) is 4.71. The Morgan fingerprint density at radius 1 is 1.29 bits per heavy atom. The summed E-state index contributed by atoms with van der Waals surface area (Å²) < 4.78 is 0.915. The van der Waals surface area contributed by atoms with Crippen LogP contribution in [0.1, 0.15) is 5.82 Å². The van der Waals surface area contributed by atoms with Crippen LogP contribution in [0.4, 0.5) is 5.82 Å². The van der Waals surface area contributed by atoms with Gasteiger partial charge in [-0.2, -0.15) is 0 Å². The van der Waals surface area contributed by atoms with Crippen LogP contribution in [0, 0.1) is 0 Å². The Balaban J connectivity index is 1.85. The molecule has 5 nitrogen and oxygen atoms in total. The zero-order chi connectivity index (χ0) is 11.7. The van der Waals surface area contributed by atoms with E-state index in [0.717, 1.165) is 20.4 Å². The molecule has 0 bridgehead atoms. The predicted molar refractivity (Wildman–Crippen MR) is 71.3 cm³/mol. The molecule has 0 aromatic carbocycles. The zero-order valence-electron chi connectivity index (χ0n) is 8.53. The number of fused-ring (bicyclic) bond motifs is 1. The largest absolute Gasteiger partial charge is 0.383 e. The molecule has 3 aromatic rings. The summed E-state index contributed by atoms with van der Waals surface area (Å²) in [5.41, 5.74) is 7.58. The van der Waals surface area contributed by atoms with Gasteiger partial charge in [0, 0.05) is 0 Å². The van der Waals surface area contributed by atoms with E-state index in [1.807, 2.05) is 11.4 Å². The van der Waals surface area contributed by atoms with Crippen LogP contribution in [0.2, 0.25) is 0 Å². The highest BCUT2D eigenvalue weighted by Gasteiger charge is 2.07. The fraction of sp³-hybridized carbons (Fsp3) is 0.111. The first-order chi connectivity index (χ1) is 8.33. The molecule has 0 aliphatic heterocycles. The minimum absolute atomic E-state index is 0.545. The third-order valence-corrected chi connectivity index (χ3v) is 4.73. The van der Waals surface area contributed by atoms with Crippen LogP contribution in [0.3, 0.4) is 0 Å². The molecule has 3 aromatic heterocycles. The Kier molecular flexibility index (Phi) is 2.91. The molecule has 0 aliphatic rings. The highest BCUT2D eigenvalue weighted by atomic mass is 32.2. The molecule has 0 spiro atoms.